The number of carbonyl (C=O) groups excluding carboxylic acids is 2. The summed E-state index contributed by atoms with van der Waals surface area (Å²) in [7, 11) is 0. The second-order valence-corrected chi connectivity index (χ2v) is 5.03. The highest BCUT2D eigenvalue weighted by atomic mass is 16.4. The number of hydrogen-bond donors (Lipinski definition) is 2. The molecule has 0 saturated carbocycles. The van der Waals surface area contributed by atoms with Crippen LogP contribution in [0.3, 0.4) is 0 Å². The molecule has 1 aromatic heterocycles. The van der Waals surface area contributed by atoms with E-state index in [-0.39, 0.29) is 0 Å². The highest BCUT2D eigenvalue weighted by Gasteiger charge is 2.39. The number of urea groups is 1. The van der Waals surface area contributed by atoms with Crippen molar-refractivity contribution in [2.75, 3.05) is 4.90 Å². The van der Waals surface area contributed by atoms with E-state index >= 15 is 0 Å². The molecule has 0 radical (unpaired) electrons. The quantitative estimate of drug-likeness (QED) is 0.762. The van der Waals surface area contributed by atoms with Crippen molar-refractivity contribution in [3.05, 3.63) is 42.5 Å². The third-order valence-corrected chi connectivity index (χ3v) is 3.40. The molecule has 0 aliphatic carbocycles. The van der Waals surface area contributed by atoms with Crippen molar-refractivity contribution < 1.29 is 19.5 Å². The summed E-state index contributed by atoms with van der Waals surface area (Å²) in [5.74, 6) is -1.71. The van der Waals surface area contributed by atoms with Crippen molar-refractivity contribution in [1.82, 2.24) is 20.1 Å². The van der Waals surface area contributed by atoms with E-state index < -0.39 is 30.4 Å². The lowest BCUT2D eigenvalue weighted by Crippen LogP contribution is -2.32. The van der Waals surface area contributed by atoms with Crippen molar-refractivity contribution in [2.24, 2.45) is 0 Å². The predicted molar refractivity (Wildman–Crippen MR) is 77.6 cm³/mol. The molecule has 1 aliphatic rings. The second kappa shape index (κ2) is 5.87. The molecule has 118 valence electrons. The van der Waals surface area contributed by atoms with Crippen LogP contribution in [0.25, 0.3) is 0 Å². The van der Waals surface area contributed by atoms with Gasteiger partial charge in [-0.2, -0.15) is 5.10 Å². The zero-order valence-electron chi connectivity index (χ0n) is 11.9. The number of anilines is 1. The number of carbonyl (C=O) groups is 3. The topological polar surface area (TPSA) is 117 Å². The van der Waals surface area contributed by atoms with E-state index in [1.165, 1.54) is 6.33 Å². The molecule has 0 bridgehead atoms. The Kier molecular flexibility index (Phi) is 3.75. The van der Waals surface area contributed by atoms with Gasteiger partial charge in [0.25, 0.3) is 5.91 Å². The molecule has 2 heterocycles. The summed E-state index contributed by atoms with van der Waals surface area (Å²) in [5.41, 5.74) is 1.32. The van der Waals surface area contributed by atoms with Crippen LogP contribution in [0.5, 0.6) is 0 Å². The largest absolute Gasteiger partial charge is 0.481 e. The lowest BCUT2D eigenvalue weighted by molar-refractivity contribution is -0.139. The van der Waals surface area contributed by atoms with Crippen molar-refractivity contribution in [2.45, 2.75) is 19.0 Å². The molecule has 3 rings (SSSR count). The number of hydrogen-bond acceptors (Lipinski definition) is 5. The Morgan fingerprint density at radius 3 is 2.61 bits per heavy atom. The van der Waals surface area contributed by atoms with E-state index in [4.69, 9.17) is 5.11 Å². The number of aromatic nitrogens is 3. The molecule has 1 aromatic carbocycles. The van der Waals surface area contributed by atoms with Gasteiger partial charge in [0.2, 0.25) is 0 Å². The summed E-state index contributed by atoms with van der Waals surface area (Å²) in [6, 6.07) is 5.14. The predicted octanol–water partition coefficient (Wildman–Crippen LogP) is 0.226. The van der Waals surface area contributed by atoms with Crippen LogP contribution in [0.15, 0.2) is 36.9 Å². The summed E-state index contributed by atoms with van der Waals surface area (Å²) < 4.78 is 1.64. The maximum atomic E-state index is 12.1. The van der Waals surface area contributed by atoms with Gasteiger partial charge in [0.15, 0.2) is 0 Å². The molecule has 9 heteroatoms. The number of imide groups is 1. The van der Waals surface area contributed by atoms with Crippen molar-refractivity contribution in [3.8, 4) is 0 Å². The zero-order valence-corrected chi connectivity index (χ0v) is 11.9. The van der Waals surface area contributed by atoms with Gasteiger partial charge in [-0.3, -0.25) is 9.59 Å². The zero-order chi connectivity index (χ0) is 16.4. The fourth-order valence-corrected chi connectivity index (χ4v) is 2.34. The summed E-state index contributed by atoms with van der Waals surface area (Å²) in [6.45, 7) is 0.516. The number of benzene rings is 1. The van der Waals surface area contributed by atoms with Gasteiger partial charge in [-0.05, 0) is 17.7 Å². The highest BCUT2D eigenvalue weighted by molar-refractivity contribution is 6.21. The number of carboxylic acid groups (broad SMARTS) is 1. The number of nitrogens with zero attached hydrogens (tertiary/aromatic N) is 4. The molecule has 1 aliphatic heterocycles. The first-order valence-electron chi connectivity index (χ1n) is 6.82. The Hall–Kier alpha value is -3.23. The van der Waals surface area contributed by atoms with Crippen LogP contribution in [-0.2, 0) is 16.1 Å². The standard InChI is InChI=1S/C14H13N5O4/c20-12(21)5-11-13(22)19(14(23)17-11)10-3-1-9(2-4-10)6-18-8-15-7-16-18/h1-4,7-8,11H,5-6H2,(H,17,23)(H,20,21)/t11-/m0/s1. The number of amides is 3. The molecular formula is C14H13N5O4. The highest BCUT2D eigenvalue weighted by Crippen LogP contribution is 2.21. The molecular weight excluding hydrogens is 302 g/mol. The van der Waals surface area contributed by atoms with Gasteiger partial charge in [0.05, 0.1) is 18.7 Å². The summed E-state index contributed by atoms with van der Waals surface area (Å²) in [4.78, 5) is 39.6. The molecule has 2 aromatic rings. The Balaban J connectivity index is 1.75. The van der Waals surface area contributed by atoms with Crippen LogP contribution in [0.4, 0.5) is 10.5 Å². The molecule has 23 heavy (non-hydrogen) atoms. The minimum Gasteiger partial charge on any atom is -0.481 e. The average molecular weight is 315 g/mol. The maximum Gasteiger partial charge on any atom is 0.329 e. The molecule has 0 unspecified atom stereocenters. The van der Waals surface area contributed by atoms with E-state index in [2.05, 4.69) is 15.4 Å². The van der Waals surface area contributed by atoms with Crippen molar-refractivity contribution in [1.29, 1.82) is 0 Å². The number of nitrogens with one attached hydrogen (secondary N) is 1. The van der Waals surface area contributed by atoms with Gasteiger partial charge < -0.3 is 10.4 Å². The van der Waals surface area contributed by atoms with Crippen LogP contribution in [0.1, 0.15) is 12.0 Å². The van der Waals surface area contributed by atoms with E-state index in [0.29, 0.717) is 12.2 Å². The molecule has 0 spiro atoms. The Morgan fingerprint density at radius 1 is 1.26 bits per heavy atom. The Morgan fingerprint density at radius 2 is 2.00 bits per heavy atom. The molecule has 2 N–H and O–H groups in total. The minimum atomic E-state index is -1.14. The van der Waals surface area contributed by atoms with E-state index in [0.717, 1.165) is 10.5 Å². The van der Waals surface area contributed by atoms with Gasteiger partial charge in [0.1, 0.15) is 18.7 Å². The van der Waals surface area contributed by atoms with Crippen LogP contribution < -0.4 is 10.2 Å². The fourth-order valence-electron chi connectivity index (χ4n) is 2.34. The number of aliphatic carboxylic acids is 1. The maximum absolute atomic E-state index is 12.1. The fraction of sp³-hybridized carbons (Fsp3) is 0.214. The summed E-state index contributed by atoms with van der Waals surface area (Å²) in [6.07, 6.45) is 2.58. The van der Waals surface area contributed by atoms with E-state index in [9.17, 15) is 14.4 Å². The van der Waals surface area contributed by atoms with Gasteiger partial charge in [-0.1, -0.05) is 12.1 Å². The van der Waals surface area contributed by atoms with Gasteiger partial charge in [-0.25, -0.2) is 19.4 Å². The molecule has 1 atom stereocenters. The molecule has 1 fully saturated rings. The van der Waals surface area contributed by atoms with Gasteiger partial charge in [-0.15, -0.1) is 0 Å². The van der Waals surface area contributed by atoms with Crippen LogP contribution >= 0.6 is 0 Å². The Labute approximate surface area is 130 Å². The van der Waals surface area contributed by atoms with Crippen molar-refractivity contribution >= 4 is 23.6 Å². The monoisotopic (exact) mass is 315 g/mol. The first-order valence-corrected chi connectivity index (χ1v) is 6.82. The molecule has 3 amide bonds. The SMILES string of the molecule is O=C(O)C[C@@H]1NC(=O)N(c2ccc(Cn3cncn3)cc2)C1=O. The van der Waals surface area contributed by atoms with E-state index in [1.807, 2.05) is 0 Å². The summed E-state index contributed by atoms with van der Waals surface area (Å²) >= 11 is 0. The normalized spacial score (nSPS) is 17.4. The smallest absolute Gasteiger partial charge is 0.329 e. The first kappa shape index (κ1) is 14.7. The lowest BCUT2D eigenvalue weighted by Gasteiger charge is -2.13. The van der Waals surface area contributed by atoms with Crippen LogP contribution in [-0.4, -0.2) is 43.8 Å². The van der Waals surface area contributed by atoms with Crippen LogP contribution in [0, 0.1) is 0 Å². The summed E-state index contributed by atoms with van der Waals surface area (Å²) in [5, 5.41) is 15.1. The van der Waals surface area contributed by atoms with Crippen molar-refractivity contribution in [3.63, 3.8) is 0 Å². The third-order valence-electron chi connectivity index (χ3n) is 3.40. The van der Waals surface area contributed by atoms with Gasteiger partial charge >= 0.3 is 12.0 Å². The minimum absolute atomic E-state index is 0.391. The second-order valence-electron chi connectivity index (χ2n) is 5.03. The van der Waals surface area contributed by atoms with E-state index in [1.54, 1.807) is 35.3 Å². The van der Waals surface area contributed by atoms with Gasteiger partial charge in [0, 0.05) is 0 Å². The van der Waals surface area contributed by atoms with Crippen LogP contribution in [0.2, 0.25) is 0 Å². The first-order chi connectivity index (χ1) is 11.0. The molecule has 9 nitrogen and oxygen atoms in total. The Bertz CT molecular complexity index is 741. The molecule has 1 saturated heterocycles. The third kappa shape index (κ3) is 3.03. The number of rotatable bonds is 5. The number of carboxylic acids is 1. The average Bonchev–Trinajstić information content (AvgIpc) is 3.09. The lowest BCUT2D eigenvalue weighted by atomic mass is 10.1.